The molecule has 0 radical (unpaired) electrons. The first-order chi connectivity index (χ1) is 8.52. The monoisotopic (exact) mass is 284 g/mol. The normalized spacial score (nSPS) is 18.3. The van der Waals surface area contributed by atoms with Crippen LogP contribution < -0.4 is 0 Å². The van der Waals surface area contributed by atoms with Gasteiger partial charge in [-0.3, -0.25) is 0 Å². The minimum atomic E-state index is -1.63. The Labute approximate surface area is 120 Å². The van der Waals surface area contributed by atoms with Gasteiger partial charge in [0.25, 0.3) is 0 Å². The molecule has 2 nitrogen and oxygen atoms in total. The molecule has 0 aliphatic heterocycles. The molecule has 0 aromatic carbocycles. The van der Waals surface area contributed by atoms with Crippen LogP contribution in [0.25, 0.3) is 0 Å². The van der Waals surface area contributed by atoms with E-state index in [1.165, 1.54) is 5.57 Å². The van der Waals surface area contributed by atoms with Crippen LogP contribution in [0.3, 0.4) is 0 Å². The molecule has 0 aliphatic carbocycles. The first-order valence-corrected chi connectivity index (χ1v) is 10.6. The zero-order valence-electron chi connectivity index (χ0n) is 13.8. The van der Waals surface area contributed by atoms with Crippen LogP contribution >= 0.6 is 0 Å². The summed E-state index contributed by atoms with van der Waals surface area (Å²) in [6.07, 6.45) is 5.27. The fourth-order valence-corrected chi connectivity index (χ4v) is 3.45. The Morgan fingerprint density at radius 2 is 1.89 bits per heavy atom. The smallest absolute Gasteiger partial charge is 0.184 e. The van der Waals surface area contributed by atoms with E-state index in [1.54, 1.807) is 0 Å². The minimum Gasteiger partial charge on any atom is -0.412 e. The standard InChI is InChI=1S/C16H32O2Si/c1-9-16(5,12-10-11-13(2)3)15(17)14(4)18-19(6,7)8/h9,11,14-15,17H,1,10,12H2,2-8H3/t14-,15-,16+/m0/s1. The number of rotatable bonds is 8. The predicted molar refractivity (Wildman–Crippen MR) is 86.9 cm³/mol. The summed E-state index contributed by atoms with van der Waals surface area (Å²) >= 11 is 0. The number of allylic oxidation sites excluding steroid dienone is 2. The van der Waals surface area contributed by atoms with E-state index in [9.17, 15) is 5.11 Å². The Hall–Kier alpha value is -0.383. The van der Waals surface area contributed by atoms with Crippen LogP contribution in [0, 0.1) is 5.41 Å². The molecule has 3 atom stereocenters. The summed E-state index contributed by atoms with van der Waals surface area (Å²) in [6, 6.07) is 0. The summed E-state index contributed by atoms with van der Waals surface area (Å²) in [5.74, 6) is 0. The molecule has 112 valence electrons. The van der Waals surface area contributed by atoms with Crippen molar-refractivity contribution in [1.29, 1.82) is 0 Å². The van der Waals surface area contributed by atoms with Crippen LogP contribution in [0.2, 0.25) is 19.6 Å². The van der Waals surface area contributed by atoms with Crippen LogP contribution in [0.4, 0.5) is 0 Å². The average Bonchev–Trinajstić information content (AvgIpc) is 2.24. The minimum absolute atomic E-state index is 0.152. The summed E-state index contributed by atoms with van der Waals surface area (Å²) in [5.41, 5.74) is 1.01. The summed E-state index contributed by atoms with van der Waals surface area (Å²) in [6.45, 7) is 18.6. The van der Waals surface area contributed by atoms with Gasteiger partial charge in [0.15, 0.2) is 8.32 Å². The van der Waals surface area contributed by atoms with E-state index in [4.69, 9.17) is 4.43 Å². The third-order valence-electron chi connectivity index (χ3n) is 3.36. The number of hydrogen-bond donors (Lipinski definition) is 1. The fraction of sp³-hybridized carbons (Fsp3) is 0.750. The Balaban J connectivity index is 4.72. The molecule has 0 spiro atoms. The molecule has 0 unspecified atom stereocenters. The lowest BCUT2D eigenvalue weighted by atomic mass is 9.78. The molecular weight excluding hydrogens is 252 g/mol. The summed E-state index contributed by atoms with van der Waals surface area (Å²) in [5, 5.41) is 10.6. The second kappa shape index (κ2) is 7.41. The van der Waals surface area contributed by atoms with E-state index in [2.05, 4.69) is 53.1 Å². The van der Waals surface area contributed by atoms with Crippen molar-refractivity contribution in [2.45, 2.75) is 72.4 Å². The molecule has 0 saturated heterocycles. The van der Waals surface area contributed by atoms with E-state index in [1.807, 2.05) is 13.0 Å². The molecule has 0 amide bonds. The molecule has 0 rings (SSSR count). The third kappa shape index (κ3) is 7.09. The van der Waals surface area contributed by atoms with Crippen LogP contribution in [0.1, 0.15) is 40.5 Å². The molecule has 0 saturated carbocycles. The van der Waals surface area contributed by atoms with Gasteiger partial charge in [-0.15, -0.1) is 6.58 Å². The van der Waals surface area contributed by atoms with Gasteiger partial charge in [0.05, 0.1) is 12.2 Å². The second-order valence-corrected chi connectivity index (χ2v) is 11.4. The number of aliphatic hydroxyl groups is 1. The van der Waals surface area contributed by atoms with Gasteiger partial charge in [0, 0.05) is 5.41 Å². The molecule has 0 fully saturated rings. The average molecular weight is 285 g/mol. The van der Waals surface area contributed by atoms with Crippen molar-refractivity contribution < 1.29 is 9.53 Å². The van der Waals surface area contributed by atoms with Gasteiger partial charge in [-0.2, -0.15) is 0 Å². The van der Waals surface area contributed by atoms with Crippen LogP contribution in [0.5, 0.6) is 0 Å². The zero-order valence-corrected chi connectivity index (χ0v) is 14.8. The third-order valence-corrected chi connectivity index (χ3v) is 4.44. The Kier molecular flexibility index (Phi) is 7.26. The fourth-order valence-electron chi connectivity index (χ4n) is 2.20. The molecule has 0 heterocycles. The van der Waals surface area contributed by atoms with E-state index >= 15 is 0 Å². The van der Waals surface area contributed by atoms with E-state index in [0.29, 0.717) is 0 Å². The van der Waals surface area contributed by atoms with E-state index in [-0.39, 0.29) is 11.5 Å². The van der Waals surface area contributed by atoms with Crippen LogP contribution in [-0.2, 0) is 4.43 Å². The van der Waals surface area contributed by atoms with Gasteiger partial charge in [-0.05, 0) is 53.3 Å². The summed E-state index contributed by atoms with van der Waals surface area (Å²) in [4.78, 5) is 0. The summed E-state index contributed by atoms with van der Waals surface area (Å²) < 4.78 is 6.00. The van der Waals surface area contributed by atoms with E-state index < -0.39 is 14.4 Å². The SMILES string of the molecule is C=C[C@](C)(CCC=C(C)C)[C@@H](O)[C@H](C)O[Si](C)(C)C. The summed E-state index contributed by atoms with van der Waals surface area (Å²) in [7, 11) is -1.63. The lowest BCUT2D eigenvalue weighted by Crippen LogP contribution is -2.44. The van der Waals surface area contributed by atoms with Crippen molar-refractivity contribution in [3.63, 3.8) is 0 Å². The number of hydrogen-bond acceptors (Lipinski definition) is 2. The highest BCUT2D eigenvalue weighted by molar-refractivity contribution is 6.69. The second-order valence-electron chi connectivity index (χ2n) is 6.91. The van der Waals surface area contributed by atoms with Gasteiger partial charge >= 0.3 is 0 Å². The van der Waals surface area contributed by atoms with Crippen molar-refractivity contribution in [3.05, 3.63) is 24.3 Å². The largest absolute Gasteiger partial charge is 0.412 e. The maximum atomic E-state index is 10.6. The highest BCUT2D eigenvalue weighted by atomic mass is 28.4. The predicted octanol–water partition coefficient (Wildman–Crippen LogP) is 4.53. The topological polar surface area (TPSA) is 29.5 Å². The first-order valence-electron chi connectivity index (χ1n) is 7.14. The van der Waals surface area contributed by atoms with Crippen molar-refractivity contribution >= 4 is 8.32 Å². The molecule has 3 heteroatoms. The Morgan fingerprint density at radius 1 is 1.37 bits per heavy atom. The van der Waals surface area contributed by atoms with Crippen molar-refractivity contribution in [2.75, 3.05) is 0 Å². The van der Waals surface area contributed by atoms with Crippen molar-refractivity contribution in [3.8, 4) is 0 Å². The molecule has 0 aromatic heterocycles. The highest BCUT2D eigenvalue weighted by Gasteiger charge is 2.35. The van der Waals surface area contributed by atoms with Crippen LogP contribution in [0.15, 0.2) is 24.3 Å². The van der Waals surface area contributed by atoms with E-state index in [0.717, 1.165) is 12.8 Å². The lowest BCUT2D eigenvalue weighted by Gasteiger charge is -2.37. The van der Waals surface area contributed by atoms with Crippen molar-refractivity contribution in [1.82, 2.24) is 0 Å². The molecule has 0 aromatic rings. The quantitative estimate of drug-likeness (QED) is 0.524. The van der Waals surface area contributed by atoms with Gasteiger partial charge in [0.1, 0.15) is 0 Å². The van der Waals surface area contributed by atoms with Gasteiger partial charge in [0.2, 0.25) is 0 Å². The first kappa shape index (κ1) is 18.6. The highest BCUT2D eigenvalue weighted by Crippen LogP contribution is 2.33. The van der Waals surface area contributed by atoms with Gasteiger partial charge in [-0.25, -0.2) is 0 Å². The van der Waals surface area contributed by atoms with Crippen LogP contribution in [-0.4, -0.2) is 25.6 Å². The lowest BCUT2D eigenvalue weighted by molar-refractivity contribution is -0.0246. The molecule has 19 heavy (non-hydrogen) atoms. The zero-order chi connectivity index (χ0) is 15.3. The molecular formula is C16H32O2Si. The Morgan fingerprint density at radius 3 is 2.26 bits per heavy atom. The molecule has 0 bridgehead atoms. The maximum Gasteiger partial charge on any atom is 0.184 e. The molecule has 1 N–H and O–H groups in total. The van der Waals surface area contributed by atoms with Gasteiger partial charge < -0.3 is 9.53 Å². The molecule has 0 aliphatic rings. The Bertz CT molecular complexity index is 313. The van der Waals surface area contributed by atoms with Gasteiger partial charge in [-0.1, -0.05) is 24.6 Å². The van der Waals surface area contributed by atoms with Crippen molar-refractivity contribution in [2.24, 2.45) is 5.41 Å². The number of aliphatic hydroxyl groups excluding tert-OH is 1. The maximum absolute atomic E-state index is 10.6.